The first-order valence-corrected chi connectivity index (χ1v) is 9.73. The zero-order valence-electron chi connectivity index (χ0n) is 15.4. The van der Waals surface area contributed by atoms with E-state index in [1.807, 2.05) is 12.3 Å². The van der Waals surface area contributed by atoms with Crippen molar-refractivity contribution >= 4 is 41.3 Å². The van der Waals surface area contributed by atoms with Gasteiger partial charge in [0, 0.05) is 37.1 Å². The molecular weight excluding hydrogens is 462 g/mol. The summed E-state index contributed by atoms with van der Waals surface area (Å²) >= 11 is 1.78. The summed E-state index contributed by atoms with van der Waals surface area (Å²) in [6.07, 6.45) is 5.64. The van der Waals surface area contributed by atoms with Crippen LogP contribution in [-0.2, 0) is 19.3 Å². The van der Waals surface area contributed by atoms with Crippen molar-refractivity contribution in [1.29, 1.82) is 0 Å². The molecular formula is C19H28FIN4S. The van der Waals surface area contributed by atoms with Crippen LogP contribution in [0.4, 0.5) is 4.39 Å². The number of hydrogen-bond donors (Lipinski definition) is 2. The van der Waals surface area contributed by atoms with Crippen molar-refractivity contribution in [2.45, 2.75) is 39.5 Å². The van der Waals surface area contributed by atoms with Crippen molar-refractivity contribution in [3.05, 3.63) is 51.7 Å². The van der Waals surface area contributed by atoms with Crippen molar-refractivity contribution in [3.8, 4) is 0 Å². The Hall–Kier alpha value is -1.22. The van der Waals surface area contributed by atoms with Crippen molar-refractivity contribution in [2.75, 3.05) is 19.6 Å². The Morgan fingerprint density at radius 3 is 2.77 bits per heavy atom. The quantitative estimate of drug-likeness (QED) is 0.240. The Balaban J connectivity index is 0.00000338. The van der Waals surface area contributed by atoms with E-state index in [1.54, 1.807) is 23.5 Å². The van der Waals surface area contributed by atoms with Gasteiger partial charge >= 0.3 is 0 Å². The topological polar surface area (TPSA) is 49.3 Å². The van der Waals surface area contributed by atoms with Crippen LogP contribution in [0.15, 0.2) is 35.5 Å². The molecule has 4 nitrogen and oxygen atoms in total. The van der Waals surface area contributed by atoms with Crippen LogP contribution in [0, 0.1) is 5.82 Å². The predicted molar refractivity (Wildman–Crippen MR) is 119 cm³/mol. The van der Waals surface area contributed by atoms with Gasteiger partial charge in [-0.15, -0.1) is 35.3 Å². The minimum atomic E-state index is -0.176. The number of hydrogen-bond acceptors (Lipinski definition) is 3. The third-order valence-electron chi connectivity index (χ3n) is 3.71. The summed E-state index contributed by atoms with van der Waals surface area (Å²) < 4.78 is 13.2. The van der Waals surface area contributed by atoms with E-state index in [0.29, 0.717) is 6.54 Å². The molecule has 1 aromatic carbocycles. The monoisotopic (exact) mass is 490 g/mol. The van der Waals surface area contributed by atoms with Gasteiger partial charge in [-0.1, -0.05) is 19.1 Å². The fraction of sp³-hybridized carbons (Fsp3) is 0.474. The predicted octanol–water partition coefficient (Wildman–Crippen LogP) is 4.19. The van der Waals surface area contributed by atoms with Crippen LogP contribution in [0.2, 0.25) is 0 Å². The first-order chi connectivity index (χ1) is 12.2. The molecule has 0 aliphatic rings. The van der Waals surface area contributed by atoms with Crippen LogP contribution in [0.5, 0.6) is 0 Å². The van der Waals surface area contributed by atoms with Gasteiger partial charge in [-0.25, -0.2) is 9.37 Å². The molecule has 2 N–H and O–H groups in total. The lowest BCUT2D eigenvalue weighted by molar-refractivity contribution is 0.624. The van der Waals surface area contributed by atoms with Crippen LogP contribution in [0.3, 0.4) is 0 Å². The SMILES string of the molecule is CCNC(=NCCCc1cccc(F)c1)NCCc1ncc(CC)s1.I. The number of rotatable bonds is 9. The molecule has 0 fully saturated rings. The molecule has 7 heteroatoms. The summed E-state index contributed by atoms with van der Waals surface area (Å²) in [5, 5.41) is 7.76. The first kappa shape index (κ1) is 22.8. The molecule has 0 amide bonds. The summed E-state index contributed by atoms with van der Waals surface area (Å²) in [6, 6.07) is 6.77. The molecule has 0 atom stereocenters. The molecule has 0 unspecified atom stereocenters. The van der Waals surface area contributed by atoms with Crippen molar-refractivity contribution < 1.29 is 4.39 Å². The molecule has 0 bridgehead atoms. The molecule has 0 aliphatic carbocycles. The average Bonchev–Trinajstić information content (AvgIpc) is 3.07. The van der Waals surface area contributed by atoms with E-state index < -0.39 is 0 Å². The second-order valence-corrected chi connectivity index (χ2v) is 6.94. The van der Waals surface area contributed by atoms with Gasteiger partial charge in [-0.2, -0.15) is 0 Å². The molecule has 0 saturated heterocycles. The fourth-order valence-electron chi connectivity index (χ4n) is 2.42. The highest BCUT2D eigenvalue weighted by atomic mass is 127. The van der Waals surface area contributed by atoms with Crippen molar-refractivity contribution in [2.24, 2.45) is 4.99 Å². The highest BCUT2D eigenvalue weighted by Crippen LogP contribution is 2.13. The molecule has 0 radical (unpaired) electrons. The Morgan fingerprint density at radius 1 is 1.23 bits per heavy atom. The molecule has 2 rings (SSSR count). The van der Waals surface area contributed by atoms with Gasteiger partial charge in [0.2, 0.25) is 0 Å². The van der Waals surface area contributed by atoms with Gasteiger partial charge < -0.3 is 10.6 Å². The molecule has 2 aromatic rings. The van der Waals surface area contributed by atoms with Gasteiger partial charge in [0.1, 0.15) is 5.82 Å². The lowest BCUT2D eigenvalue weighted by Gasteiger charge is -2.10. The number of nitrogens with zero attached hydrogens (tertiary/aromatic N) is 2. The number of aryl methyl sites for hydroxylation is 2. The van der Waals surface area contributed by atoms with E-state index >= 15 is 0 Å². The molecule has 144 valence electrons. The summed E-state index contributed by atoms with van der Waals surface area (Å²) in [5.41, 5.74) is 1.02. The third kappa shape index (κ3) is 8.44. The van der Waals surface area contributed by atoms with E-state index in [-0.39, 0.29) is 29.8 Å². The van der Waals surface area contributed by atoms with Gasteiger partial charge in [-0.3, -0.25) is 4.99 Å². The van der Waals surface area contributed by atoms with E-state index in [2.05, 4.69) is 34.5 Å². The maximum absolute atomic E-state index is 13.2. The lowest BCUT2D eigenvalue weighted by atomic mass is 10.1. The number of aromatic nitrogens is 1. The maximum atomic E-state index is 13.2. The van der Waals surface area contributed by atoms with Crippen molar-refractivity contribution in [1.82, 2.24) is 15.6 Å². The molecule has 0 saturated carbocycles. The number of aliphatic imine (C=N–C) groups is 1. The van der Waals surface area contributed by atoms with Gasteiger partial charge in [0.25, 0.3) is 0 Å². The second kappa shape index (κ2) is 13.0. The molecule has 1 aromatic heterocycles. The van der Waals surface area contributed by atoms with Crippen LogP contribution in [-0.4, -0.2) is 30.6 Å². The molecule has 0 spiro atoms. The van der Waals surface area contributed by atoms with Crippen molar-refractivity contribution in [3.63, 3.8) is 0 Å². The zero-order chi connectivity index (χ0) is 17.9. The standard InChI is InChI=1S/C19H27FN4S.HI/c1-3-17-14-24-18(25-17)10-12-23-19(21-4-2)22-11-6-8-15-7-5-9-16(20)13-15;/h5,7,9,13-14H,3-4,6,8,10-12H2,1-2H3,(H2,21,22,23);1H. The number of nitrogens with one attached hydrogen (secondary N) is 2. The lowest BCUT2D eigenvalue weighted by Crippen LogP contribution is -2.38. The minimum absolute atomic E-state index is 0. The Labute approximate surface area is 176 Å². The van der Waals surface area contributed by atoms with Gasteiger partial charge in [-0.05, 0) is 43.9 Å². The summed E-state index contributed by atoms with van der Waals surface area (Å²) in [6.45, 7) is 6.55. The summed E-state index contributed by atoms with van der Waals surface area (Å²) in [5.74, 6) is 0.651. The largest absolute Gasteiger partial charge is 0.357 e. The molecule has 1 heterocycles. The Morgan fingerprint density at radius 2 is 2.08 bits per heavy atom. The van der Waals surface area contributed by atoms with E-state index in [9.17, 15) is 4.39 Å². The number of halogens is 2. The van der Waals surface area contributed by atoms with E-state index in [1.165, 1.54) is 10.9 Å². The second-order valence-electron chi connectivity index (χ2n) is 5.74. The normalized spacial score (nSPS) is 11.1. The molecule has 0 aliphatic heterocycles. The average molecular weight is 490 g/mol. The number of guanidine groups is 1. The van der Waals surface area contributed by atoms with Crippen LogP contribution in [0.25, 0.3) is 0 Å². The summed E-state index contributed by atoms with van der Waals surface area (Å²) in [4.78, 5) is 10.3. The maximum Gasteiger partial charge on any atom is 0.191 e. The minimum Gasteiger partial charge on any atom is -0.357 e. The van der Waals surface area contributed by atoms with E-state index in [4.69, 9.17) is 0 Å². The first-order valence-electron chi connectivity index (χ1n) is 8.91. The third-order valence-corrected chi connectivity index (χ3v) is 4.91. The van der Waals surface area contributed by atoms with Crippen LogP contribution in [0.1, 0.15) is 35.7 Å². The molecule has 26 heavy (non-hydrogen) atoms. The highest BCUT2D eigenvalue weighted by Gasteiger charge is 2.02. The van der Waals surface area contributed by atoms with Gasteiger partial charge in [0.15, 0.2) is 5.96 Å². The smallest absolute Gasteiger partial charge is 0.191 e. The Kier molecular flexibility index (Phi) is 11.4. The van der Waals surface area contributed by atoms with Crippen LogP contribution >= 0.6 is 35.3 Å². The van der Waals surface area contributed by atoms with Crippen LogP contribution < -0.4 is 10.6 Å². The Bertz CT molecular complexity index is 675. The van der Waals surface area contributed by atoms with Gasteiger partial charge in [0.05, 0.1) is 5.01 Å². The zero-order valence-corrected chi connectivity index (χ0v) is 18.6. The number of thiazole rings is 1. The fourth-order valence-corrected chi connectivity index (χ4v) is 3.29. The summed E-state index contributed by atoms with van der Waals surface area (Å²) in [7, 11) is 0. The highest BCUT2D eigenvalue weighted by molar-refractivity contribution is 14.0. The number of benzene rings is 1. The van der Waals surface area contributed by atoms with E-state index in [0.717, 1.165) is 55.3 Å².